The number of carbonyl (C=O) groups excluding carboxylic acids is 2. The molecule has 0 N–H and O–H groups in total. The zero-order chi connectivity index (χ0) is 29.0. The summed E-state index contributed by atoms with van der Waals surface area (Å²) in [5.41, 5.74) is 1.85. The van der Waals surface area contributed by atoms with Crippen LogP contribution in [0.25, 0.3) is 0 Å². The molecule has 0 saturated carbocycles. The van der Waals surface area contributed by atoms with Crippen molar-refractivity contribution in [3.8, 4) is 0 Å². The van der Waals surface area contributed by atoms with E-state index >= 15 is 0 Å². The molecule has 1 fully saturated rings. The molecular formula is C33H38Br3MgN3O3. The van der Waals surface area contributed by atoms with Gasteiger partial charge in [0.15, 0.2) is 0 Å². The molecule has 2 aromatic carbocycles. The Morgan fingerprint density at radius 2 is 1.42 bits per heavy atom. The summed E-state index contributed by atoms with van der Waals surface area (Å²) >= 11 is 6.68. The summed E-state index contributed by atoms with van der Waals surface area (Å²) in [5.74, 6) is 0.0354. The van der Waals surface area contributed by atoms with E-state index in [0.29, 0.717) is 11.3 Å². The standard InChI is InChI=1S/C12H8BrNO.C11H14BrNO.C5H4N.C4H8O.CH4.BrH.Mg/c13-10-5-3-4-9(8-10)12(15)11-6-1-2-7-14-11;1-3-13(4-2)11(14)9-6-5-7-10(12)8-9;1-2-4-6-5-3-1;1-2-4-5-3-1;;;/h1-8H;5-8H,3-4H2,1-2H3;1-4H;1-4H2;1H4;1H;/q;;-1;;;;+2/p-1. The first-order valence-electron chi connectivity index (χ1n) is 13.1. The third kappa shape index (κ3) is 17.8. The van der Waals surface area contributed by atoms with Crippen molar-refractivity contribution in [3.63, 3.8) is 0 Å². The SMILES string of the molecule is C.C1CCOC1.CCN(CC)C(=O)c1cccc(Br)c1.O=C(c1cccc(Br)c1)c1ccccn1.[Br-].[Mg+2].[c-]1ccccn1. The number of carbonyl (C=O) groups is 2. The maximum absolute atomic E-state index is 11.9. The molecule has 10 heteroatoms. The zero-order valence-electron chi connectivity index (χ0n) is 23.9. The van der Waals surface area contributed by atoms with Crippen LogP contribution in [0.3, 0.4) is 0 Å². The molecule has 6 nitrogen and oxygen atoms in total. The molecule has 0 radical (unpaired) electrons. The van der Waals surface area contributed by atoms with Crippen molar-refractivity contribution < 1.29 is 31.3 Å². The van der Waals surface area contributed by atoms with Gasteiger partial charge in [0.25, 0.3) is 5.91 Å². The number of hydrogen-bond acceptors (Lipinski definition) is 5. The predicted octanol–water partition coefficient (Wildman–Crippen LogP) is 4.94. The minimum absolute atomic E-state index is 0. The van der Waals surface area contributed by atoms with Crippen LogP contribution in [0, 0.1) is 6.20 Å². The number of amides is 1. The molecule has 0 spiro atoms. The molecule has 226 valence electrons. The minimum Gasteiger partial charge on any atom is -1.00 e. The summed E-state index contributed by atoms with van der Waals surface area (Å²) < 4.78 is 6.78. The van der Waals surface area contributed by atoms with E-state index in [2.05, 4.69) is 48.0 Å². The van der Waals surface area contributed by atoms with Gasteiger partial charge in [-0.25, -0.2) is 0 Å². The average molecular weight is 789 g/mol. The molecule has 0 bridgehead atoms. The second kappa shape index (κ2) is 26.4. The second-order valence-electron chi connectivity index (χ2n) is 8.32. The van der Waals surface area contributed by atoms with Crippen molar-refractivity contribution in [1.29, 1.82) is 0 Å². The van der Waals surface area contributed by atoms with Crippen LogP contribution in [0.1, 0.15) is 60.5 Å². The Morgan fingerprint density at radius 3 is 1.81 bits per heavy atom. The van der Waals surface area contributed by atoms with Crippen LogP contribution >= 0.6 is 31.9 Å². The first-order valence-corrected chi connectivity index (χ1v) is 14.7. The summed E-state index contributed by atoms with van der Waals surface area (Å²) in [4.78, 5) is 33.3. The van der Waals surface area contributed by atoms with Gasteiger partial charge in [-0.2, -0.15) is 18.2 Å². The molecule has 1 saturated heterocycles. The number of ketones is 1. The zero-order valence-corrected chi connectivity index (χ0v) is 30.1. The van der Waals surface area contributed by atoms with E-state index in [1.165, 1.54) is 12.8 Å². The molecule has 4 aromatic rings. The number of hydrogen-bond donors (Lipinski definition) is 0. The van der Waals surface area contributed by atoms with Crippen molar-refractivity contribution >= 4 is 66.6 Å². The van der Waals surface area contributed by atoms with Gasteiger partial charge in [0.05, 0.1) is 0 Å². The maximum atomic E-state index is 11.9. The van der Waals surface area contributed by atoms with E-state index in [0.717, 1.165) is 40.8 Å². The predicted molar refractivity (Wildman–Crippen MR) is 179 cm³/mol. The topological polar surface area (TPSA) is 72.4 Å². The van der Waals surface area contributed by atoms with Crippen LogP contribution in [-0.4, -0.2) is 75.9 Å². The van der Waals surface area contributed by atoms with Crippen LogP contribution in [0.4, 0.5) is 0 Å². The monoisotopic (exact) mass is 785 g/mol. The Labute approximate surface area is 300 Å². The maximum Gasteiger partial charge on any atom is 2.00 e. The summed E-state index contributed by atoms with van der Waals surface area (Å²) in [7, 11) is 0. The Morgan fingerprint density at radius 1 is 0.837 bits per heavy atom. The first-order chi connectivity index (χ1) is 19.5. The Kier molecular flexibility index (Phi) is 26.6. The number of benzene rings is 2. The third-order valence-corrected chi connectivity index (χ3v) is 6.44. The number of aromatic nitrogens is 2. The minimum atomic E-state index is -0.0584. The molecule has 0 aliphatic carbocycles. The summed E-state index contributed by atoms with van der Waals surface area (Å²) in [5, 5.41) is 0. The summed E-state index contributed by atoms with van der Waals surface area (Å²) in [6, 6.07) is 25.6. The molecule has 5 rings (SSSR count). The van der Waals surface area contributed by atoms with E-state index in [9.17, 15) is 9.59 Å². The van der Waals surface area contributed by atoms with E-state index in [1.54, 1.807) is 48.8 Å². The van der Waals surface area contributed by atoms with Gasteiger partial charge in [-0.05, 0) is 69.2 Å². The van der Waals surface area contributed by atoms with Crippen molar-refractivity contribution in [2.45, 2.75) is 34.1 Å². The fourth-order valence-corrected chi connectivity index (χ4v) is 4.18. The average Bonchev–Trinajstić information content (AvgIpc) is 3.60. The Hall–Kier alpha value is -1.95. The quantitative estimate of drug-likeness (QED) is 0.163. The van der Waals surface area contributed by atoms with Gasteiger partial charge < -0.3 is 31.6 Å². The molecular weight excluding hydrogens is 750 g/mol. The van der Waals surface area contributed by atoms with Crippen molar-refractivity contribution in [3.05, 3.63) is 129 Å². The van der Waals surface area contributed by atoms with Crippen LogP contribution in [-0.2, 0) is 4.74 Å². The second-order valence-corrected chi connectivity index (χ2v) is 10.2. The first kappa shape index (κ1) is 43.2. The van der Waals surface area contributed by atoms with Gasteiger partial charge in [-0.3, -0.25) is 14.6 Å². The van der Waals surface area contributed by atoms with Crippen LogP contribution in [0.15, 0.2) is 106 Å². The number of halogens is 3. The molecule has 3 heterocycles. The van der Waals surface area contributed by atoms with Crippen molar-refractivity contribution in [2.24, 2.45) is 0 Å². The van der Waals surface area contributed by atoms with Crippen molar-refractivity contribution in [2.75, 3.05) is 26.3 Å². The van der Waals surface area contributed by atoms with Crippen LogP contribution < -0.4 is 17.0 Å². The van der Waals surface area contributed by atoms with Gasteiger partial charge in [0.1, 0.15) is 5.69 Å². The Balaban J connectivity index is 0. The molecule has 0 unspecified atom stereocenters. The number of nitrogens with zero attached hydrogens (tertiary/aromatic N) is 3. The van der Waals surface area contributed by atoms with Gasteiger partial charge in [-0.15, -0.1) is 0 Å². The smallest absolute Gasteiger partial charge is 1.00 e. The fourth-order valence-electron chi connectivity index (χ4n) is 3.38. The molecule has 1 aliphatic rings. The summed E-state index contributed by atoms with van der Waals surface area (Å²) in [6.45, 7) is 7.47. The largest absolute Gasteiger partial charge is 2.00 e. The van der Waals surface area contributed by atoms with Crippen LogP contribution in [0.2, 0.25) is 0 Å². The number of rotatable bonds is 5. The molecule has 0 atom stereocenters. The van der Waals surface area contributed by atoms with E-state index in [-0.39, 0.29) is 59.2 Å². The van der Waals surface area contributed by atoms with E-state index in [1.807, 2.05) is 67.3 Å². The Bertz CT molecular complexity index is 1240. The molecule has 43 heavy (non-hydrogen) atoms. The normalized spacial score (nSPS) is 10.6. The van der Waals surface area contributed by atoms with E-state index in [4.69, 9.17) is 4.74 Å². The van der Waals surface area contributed by atoms with Gasteiger partial charge in [0.2, 0.25) is 5.78 Å². The number of ether oxygens (including phenoxy) is 1. The van der Waals surface area contributed by atoms with Gasteiger partial charge in [0, 0.05) is 52.6 Å². The van der Waals surface area contributed by atoms with Crippen molar-refractivity contribution in [1.82, 2.24) is 14.9 Å². The number of pyridine rings is 2. The summed E-state index contributed by atoms with van der Waals surface area (Å²) in [6.07, 6.45) is 8.51. The molecule has 2 aromatic heterocycles. The van der Waals surface area contributed by atoms with Crippen LogP contribution in [0.5, 0.6) is 0 Å². The molecule has 1 aliphatic heterocycles. The molecule has 1 amide bonds. The third-order valence-electron chi connectivity index (χ3n) is 5.45. The fraction of sp³-hybridized carbons (Fsp3) is 0.273. The van der Waals surface area contributed by atoms with E-state index < -0.39 is 0 Å². The van der Waals surface area contributed by atoms with Gasteiger partial charge in [-0.1, -0.05) is 75.9 Å². The van der Waals surface area contributed by atoms with Gasteiger partial charge >= 0.3 is 23.1 Å².